The molecule has 2 aromatic carbocycles. The van der Waals surface area contributed by atoms with Gasteiger partial charge in [-0.1, -0.05) is 24.3 Å². The van der Waals surface area contributed by atoms with Gasteiger partial charge in [0.05, 0.1) is 42.1 Å². The number of nitro benzene ring substituents is 2. The average Bonchev–Trinajstić information content (AvgIpc) is 3.66. The van der Waals surface area contributed by atoms with Crippen molar-refractivity contribution in [3.05, 3.63) is 92.5 Å². The number of imidazole rings is 1. The van der Waals surface area contributed by atoms with Gasteiger partial charge in [-0.2, -0.15) is 0 Å². The van der Waals surface area contributed by atoms with Gasteiger partial charge in [-0.3, -0.25) is 30.1 Å². The number of non-ortho nitro benzene ring substituents is 2. The van der Waals surface area contributed by atoms with E-state index in [-0.39, 0.29) is 54.6 Å². The molecule has 240 valence electrons. The number of fused-ring (bicyclic) bond motifs is 1. The third-order valence-corrected chi connectivity index (χ3v) is 6.98. The number of nitrogens with zero attached hydrogens (tertiary/aromatic N) is 6. The van der Waals surface area contributed by atoms with Crippen LogP contribution in [0.25, 0.3) is 11.2 Å². The van der Waals surface area contributed by atoms with Gasteiger partial charge in [-0.15, -0.1) is 0 Å². The molecule has 18 heteroatoms. The van der Waals surface area contributed by atoms with Crippen molar-refractivity contribution in [1.29, 1.82) is 0 Å². The Balaban J connectivity index is 1.18. The summed E-state index contributed by atoms with van der Waals surface area (Å²) in [6.07, 6.45) is -0.957. The fraction of sp³-hybridized carbons (Fsp3) is 0.321. The van der Waals surface area contributed by atoms with Crippen molar-refractivity contribution in [2.24, 2.45) is 0 Å². The molecule has 1 fully saturated rings. The van der Waals surface area contributed by atoms with E-state index in [1.807, 2.05) is 0 Å². The maximum Gasteiger partial charge on any atom is 0.508 e. The quantitative estimate of drug-likeness (QED) is 0.129. The molecule has 46 heavy (non-hydrogen) atoms. The number of hydrogen-bond acceptors (Lipinski definition) is 14. The summed E-state index contributed by atoms with van der Waals surface area (Å²) in [7, 11) is 0. The molecular weight excluding hydrogens is 610 g/mol. The first-order valence-corrected chi connectivity index (χ1v) is 13.9. The van der Waals surface area contributed by atoms with Crippen LogP contribution in [0.5, 0.6) is 0 Å². The molecule has 2 aromatic heterocycles. The van der Waals surface area contributed by atoms with Crippen LogP contribution in [-0.2, 0) is 31.8 Å². The molecule has 0 spiro atoms. The predicted molar refractivity (Wildman–Crippen MR) is 156 cm³/mol. The van der Waals surface area contributed by atoms with Gasteiger partial charge in [-0.25, -0.2) is 24.5 Å². The molecule has 4 aromatic rings. The van der Waals surface area contributed by atoms with Crippen LogP contribution in [0.15, 0.2) is 61.2 Å². The second-order valence-corrected chi connectivity index (χ2v) is 9.98. The van der Waals surface area contributed by atoms with E-state index in [1.165, 1.54) is 41.5 Å². The van der Waals surface area contributed by atoms with Crippen LogP contribution in [0.4, 0.5) is 26.8 Å². The lowest BCUT2D eigenvalue weighted by atomic mass is 10.1. The van der Waals surface area contributed by atoms with E-state index >= 15 is 0 Å². The van der Waals surface area contributed by atoms with E-state index in [9.17, 15) is 34.9 Å². The van der Waals surface area contributed by atoms with Gasteiger partial charge in [0.2, 0.25) is 0 Å². The van der Waals surface area contributed by atoms with E-state index < -0.39 is 40.5 Å². The number of nitrogens with one attached hydrogen (secondary N) is 1. The zero-order valence-electron chi connectivity index (χ0n) is 24.0. The second-order valence-electron chi connectivity index (χ2n) is 9.98. The highest BCUT2D eigenvalue weighted by Crippen LogP contribution is 2.34. The summed E-state index contributed by atoms with van der Waals surface area (Å²) in [6, 6.07) is 11.7. The van der Waals surface area contributed by atoms with Crippen LogP contribution < -0.4 is 5.32 Å². The lowest BCUT2D eigenvalue weighted by molar-refractivity contribution is -0.385. The van der Waals surface area contributed by atoms with Crippen LogP contribution in [-0.4, -0.2) is 78.7 Å². The van der Waals surface area contributed by atoms with Gasteiger partial charge < -0.3 is 24.1 Å². The van der Waals surface area contributed by atoms with Crippen LogP contribution in [0.1, 0.15) is 23.8 Å². The number of aliphatic hydroxyl groups excluding tert-OH is 1. The zero-order valence-corrected chi connectivity index (χ0v) is 24.0. The number of rotatable bonds is 12. The predicted octanol–water partition coefficient (Wildman–Crippen LogP) is 3.48. The smallest absolute Gasteiger partial charge is 0.449 e. The molecule has 2 N–H and O–H groups in total. The number of carbonyl (C=O) groups excluding carboxylic acids is 2. The molecule has 1 aliphatic heterocycles. The highest BCUT2D eigenvalue weighted by molar-refractivity contribution is 5.93. The maximum absolute atomic E-state index is 12.5. The lowest BCUT2D eigenvalue weighted by Gasteiger charge is -2.20. The summed E-state index contributed by atoms with van der Waals surface area (Å²) in [5.74, 6) is 0.0453. The molecular formula is C28H27N7O11. The van der Waals surface area contributed by atoms with Crippen molar-refractivity contribution in [3.63, 3.8) is 0 Å². The highest BCUT2D eigenvalue weighted by atomic mass is 16.7. The molecule has 3 heterocycles. The van der Waals surface area contributed by atoms with Gasteiger partial charge >= 0.3 is 12.2 Å². The molecule has 1 amide bonds. The van der Waals surface area contributed by atoms with Crippen LogP contribution in [0.2, 0.25) is 0 Å². The molecule has 0 aliphatic carbocycles. The third-order valence-electron chi connectivity index (χ3n) is 6.98. The summed E-state index contributed by atoms with van der Waals surface area (Å²) in [5, 5.41) is 33.8. The molecule has 1 saturated heterocycles. The van der Waals surface area contributed by atoms with E-state index in [0.29, 0.717) is 12.8 Å². The van der Waals surface area contributed by atoms with E-state index in [4.69, 9.17) is 18.9 Å². The van der Waals surface area contributed by atoms with Crippen molar-refractivity contribution in [2.45, 2.75) is 37.7 Å². The normalized spacial score (nSPS) is 17.4. The van der Waals surface area contributed by atoms with Crippen LogP contribution >= 0.6 is 0 Å². The second kappa shape index (κ2) is 14.4. The number of ether oxygens (including phenoxy) is 4. The number of aliphatic hydroxyl groups is 1. The number of aromatic nitrogens is 4. The van der Waals surface area contributed by atoms with Crippen molar-refractivity contribution in [2.75, 3.05) is 25.1 Å². The molecule has 0 radical (unpaired) electrons. The van der Waals surface area contributed by atoms with Gasteiger partial charge in [0.1, 0.15) is 6.33 Å². The zero-order chi connectivity index (χ0) is 32.6. The minimum absolute atomic E-state index is 0.00618. The van der Waals surface area contributed by atoms with E-state index in [0.717, 1.165) is 11.1 Å². The molecule has 5 rings (SSSR count). The Morgan fingerprint density at radius 3 is 2.13 bits per heavy atom. The first-order valence-electron chi connectivity index (χ1n) is 13.9. The van der Waals surface area contributed by atoms with Crippen LogP contribution in [0.3, 0.4) is 0 Å². The number of hydrogen-bond donors (Lipinski definition) is 2. The van der Waals surface area contributed by atoms with E-state index in [1.54, 1.807) is 24.3 Å². The van der Waals surface area contributed by atoms with E-state index in [2.05, 4.69) is 20.3 Å². The Hall–Kier alpha value is -5.75. The van der Waals surface area contributed by atoms with Gasteiger partial charge in [0, 0.05) is 43.5 Å². The highest BCUT2D eigenvalue weighted by Gasteiger charge is 2.40. The maximum atomic E-state index is 12.5. The number of nitro groups is 2. The largest absolute Gasteiger partial charge is 0.508 e. The first kappa shape index (κ1) is 31.7. The van der Waals surface area contributed by atoms with Gasteiger partial charge in [0.15, 0.2) is 29.3 Å². The first-order chi connectivity index (χ1) is 22.2. The number of anilines is 1. The van der Waals surface area contributed by atoms with Crippen molar-refractivity contribution in [3.8, 4) is 0 Å². The Kier molecular flexibility index (Phi) is 9.88. The molecule has 1 unspecified atom stereocenters. The third kappa shape index (κ3) is 7.66. The number of benzene rings is 2. The minimum Gasteiger partial charge on any atom is -0.449 e. The fourth-order valence-corrected chi connectivity index (χ4v) is 4.69. The SMILES string of the molecule is O=C(Nc1ncnc2c1ncn2[C@@H]1O[C@H](CO)CC1OC(=O)OCCc1ccc([N+](=O)[O-])cc1)OCCc1ccc([N+](=O)[O-])cc1. The average molecular weight is 638 g/mol. The number of amides is 1. The summed E-state index contributed by atoms with van der Waals surface area (Å²) >= 11 is 0. The Bertz CT molecular complexity index is 1710. The fourth-order valence-electron chi connectivity index (χ4n) is 4.69. The summed E-state index contributed by atoms with van der Waals surface area (Å²) in [5.41, 5.74) is 1.80. The molecule has 3 atom stereocenters. The molecule has 0 saturated carbocycles. The monoisotopic (exact) mass is 637 g/mol. The Morgan fingerprint density at radius 1 is 0.935 bits per heavy atom. The summed E-state index contributed by atoms with van der Waals surface area (Å²) in [4.78, 5) is 58.2. The molecule has 18 nitrogen and oxygen atoms in total. The van der Waals surface area contributed by atoms with Crippen LogP contribution in [0, 0.1) is 20.2 Å². The summed E-state index contributed by atoms with van der Waals surface area (Å²) in [6.45, 7) is -0.391. The molecule has 1 aliphatic rings. The Morgan fingerprint density at radius 2 is 1.54 bits per heavy atom. The number of carbonyl (C=O) groups is 2. The van der Waals surface area contributed by atoms with Crippen molar-refractivity contribution < 1.29 is 43.5 Å². The topological polar surface area (TPSA) is 233 Å². The Labute approximate surface area is 259 Å². The molecule has 0 bridgehead atoms. The summed E-state index contributed by atoms with van der Waals surface area (Å²) < 4.78 is 23.3. The minimum atomic E-state index is -0.975. The van der Waals surface area contributed by atoms with Crippen molar-refractivity contribution in [1.82, 2.24) is 19.5 Å². The van der Waals surface area contributed by atoms with Gasteiger partial charge in [0.25, 0.3) is 11.4 Å². The van der Waals surface area contributed by atoms with Gasteiger partial charge in [-0.05, 0) is 11.1 Å². The van der Waals surface area contributed by atoms with Crippen molar-refractivity contribution >= 4 is 40.6 Å². The standard InChI is InChI=1S/C28H27N7O11/c36-14-21-13-22(46-28(38)44-12-10-18-3-7-20(8-4-18)35(41)42)26(45-21)33-16-31-23-24(29-15-30-25(23)33)32-27(37)43-11-9-17-1-5-19(6-2-17)34(39)40/h1-8,15-16,21-22,26,36H,9-14H2,(H,29,30,32,37)/t21-,22?,26+/m0/s1. The lowest BCUT2D eigenvalue weighted by Crippen LogP contribution is -2.26.